The first-order valence-electron chi connectivity index (χ1n) is 21.0. The predicted molar refractivity (Wildman–Crippen MR) is 238 cm³/mol. The number of hydrogen-bond acceptors (Lipinski definition) is 7. The van der Waals surface area contributed by atoms with Gasteiger partial charge in [0.2, 0.25) is 5.88 Å². The van der Waals surface area contributed by atoms with Crippen LogP contribution in [-0.4, -0.2) is 33.1 Å². The molecule has 0 bridgehead atoms. The molecule has 1 aromatic heterocycles. The van der Waals surface area contributed by atoms with E-state index in [0.29, 0.717) is 26.4 Å². The van der Waals surface area contributed by atoms with Crippen molar-refractivity contribution in [2.45, 2.75) is 92.9 Å². The Hall–Kier alpha value is -5.50. The fourth-order valence-corrected chi connectivity index (χ4v) is 9.74. The minimum absolute atomic E-state index is 0.0108. The molecule has 4 aliphatic heterocycles. The Balaban J connectivity index is 1.33. The van der Waals surface area contributed by atoms with Crippen LogP contribution in [0.5, 0.6) is 23.0 Å². The fourth-order valence-electron chi connectivity index (χ4n) is 9.74. The number of furan rings is 1. The van der Waals surface area contributed by atoms with Crippen LogP contribution >= 0.6 is 0 Å². The van der Waals surface area contributed by atoms with E-state index >= 15 is 0 Å². The van der Waals surface area contributed by atoms with Crippen LogP contribution in [0.15, 0.2) is 71.1 Å². The number of anilines is 6. The zero-order chi connectivity index (χ0) is 40.4. The lowest BCUT2D eigenvalue weighted by Crippen LogP contribution is -2.61. The average Bonchev–Trinajstić information content (AvgIpc) is 3.28. The first-order valence-corrected chi connectivity index (χ1v) is 21.0. The smallest absolute Gasteiger partial charge is 0.257 e. The van der Waals surface area contributed by atoms with Crippen LogP contribution in [0.2, 0.25) is 0 Å². The number of aryl methyl sites for hydroxylation is 3. The summed E-state index contributed by atoms with van der Waals surface area (Å²) in [5, 5.41) is 1.12. The van der Waals surface area contributed by atoms with Crippen LogP contribution in [0, 0.1) is 27.7 Å². The van der Waals surface area contributed by atoms with Crippen LogP contribution in [0.3, 0.4) is 0 Å². The third-order valence-corrected chi connectivity index (χ3v) is 12.6. The van der Waals surface area contributed by atoms with Gasteiger partial charge in [0.15, 0.2) is 23.0 Å². The van der Waals surface area contributed by atoms with Crippen LogP contribution in [0.4, 0.5) is 34.3 Å². The van der Waals surface area contributed by atoms with E-state index in [2.05, 4.69) is 146 Å². The van der Waals surface area contributed by atoms with E-state index in [1.165, 1.54) is 38.9 Å². The normalized spacial score (nSPS) is 15.8. The maximum absolute atomic E-state index is 7.18. The fraction of sp³-hybridized carbons (Fsp3) is 0.360. The summed E-state index contributed by atoms with van der Waals surface area (Å²) in [4.78, 5) is 4.87. The molecular weight excluding hydrogens is 719 g/mol. The molecule has 7 nitrogen and oxygen atoms in total. The number of nitrogens with zero attached hydrogens (tertiary/aromatic N) is 2. The summed E-state index contributed by atoms with van der Waals surface area (Å²) in [5.74, 6) is 3.99. The molecule has 5 heterocycles. The second kappa shape index (κ2) is 13.0. The summed E-state index contributed by atoms with van der Waals surface area (Å²) in [7, 11) is 0. The molecule has 5 aromatic carbocycles. The SMILES string of the molecule is Cc1cc(C(C)(C)C)cc(C)c1N1c2cc3c(cc2B2c4c1cccc4N(c1c(C)cc4c(c1C)OCCCO4)c1oc4ccc(C(C)(C)C)cc4c12)OCCCO3. The van der Waals surface area contributed by atoms with Gasteiger partial charge in [-0.1, -0.05) is 65.8 Å². The van der Waals surface area contributed by atoms with Crippen molar-refractivity contribution in [3.05, 3.63) is 100 Å². The number of ether oxygens (including phenoxy) is 4. The van der Waals surface area contributed by atoms with E-state index in [1.807, 2.05) is 0 Å². The molecule has 0 saturated heterocycles. The molecule has 6 aromatic rings. The van der Waals surface area contributed by atoms with Gasteiger partial charge < -0.3 is 28.3 Å². The van der Waals surface area contributed by atoms with Crippen LogP contribution < -0.4 is 45.1 Å². The summed E-state index contributed by atoms with van der Waals surface area (Å²) in [6.45, 7) is 24.9. The Morgan fingerprint density at radius 1 is 0.552 bits per heavy atom. The van der Waals surface area contributed by atoms with Gasteiger partial charge in [0.25, 0.3) is 6.71 Å². The Morgan fingerprint density at radius 3 is 1.83 bits per heavy atom. The van der Waals surface area contributed by atoms with Gasteiger partial charge in [-0.3, -0.25) is 4.90 Å². The van der Waals surface area contributed by atoms with Crippen molar-refractivity contribution in [3.63, 3.8) is 0 Å². The quantitative estimate of drug-likeness (QED) is 0.162. The summed E-state index contributed by atoms with van der Waals surface area (Å²) < 4.78 is 32.8. The highest BCUT2D eigenvalue weighted by Crippen LogP contribution is 2.52. The minimum Gasteiger partial charge on any atom is -0.490 e. The lowest BCUT2D eigenvalue weighted by Gasteiger charge is -2.44. The van der Waals surface area contributed by atoms with Gasteiger partial charge in [0, 0.05) is 52.4 Å². The molecule has 10 rings (SSSR count). The first-order chi connectivity index (χ1) is 27.7. The molecule has 4 aliphatic rings. The van der Waals surface area contributed by atoms with E-state index in [1.54, 1.807) is 0 Å². The van der Waals surface area contributed by atoms with E-state index < -0.39 is 0 Å². The summed E-state index contributed by atoms with van der Waals surface area (Å²) in [5.41, 5.74) is 17.1. The molecule has 8 heteroatoms. The van der Waals surface area contributed by atoms with Gasteiger partial charge in [0.1, 0.15) is 5.58 Å². The van der Waals surface area contributed by atoms with Crippen LogP contribution in [-0.2, 0) is 10.8 Å². The molecular formula is C50H53BN2O5. The predicted octanol–water partition coefficient (Wildman–Crippen LogP) is 10.7. The molecule has 0 fully saturated rings. The highest BCUT2D eigenvalue weighted by atomic mass is 16.5. The Morgan fingerprint density at radius 2 is 1.16 bits per heavy atom. The Bertz CT molecular complexity index is 2660. The highest BCUT2D eigenvalue weighted by Gasteiger charge is 2.48. The van der Waals surface area contributed by atoms with Crippen molar-refractivity contribution in [1.29, 1.82) is 0 Å². The third-order valence-electron chi connectivity index (χ3n) is 12.6. The van der Waals surface area contributed by atoms with Gasteiger partial charge in [-0.05, 0) is 114 Å². The average molecular weight is 773 g/mol. The van der Waals surface area contributed by atoms with Gasteiger partial charge in [-0.15, -0.1) is 0 Å². The minimum atomic E-state index is -0.159. The van der Waals surface area contributed by atoms with Gasteiger partial charge in [-0.25, -0.2) is 0 Å². The number of hydrogen-bond donors (Lipinski definition) is 0. The maximum Gasteiger partial charge on any atom is 0.257 e. The summed E-state index contributed by atoms with van der Waals surface area (Å²) in [6, 6.07) is 24.9. The van der Waals surface area contributed by atoms with Crippen LogP contribution in [0.1, 0.15) is 87.8 Å². The van der Waals surface area contributed by atoms with Crippen molar-refractivity contribution in [2.24, 2.45) is 0 Å². The molecule has 58 heavy (non-hydrogen) atoms. The van der Waals surface area contributed by atoms with Gasteiger partial charge >= 0.3 is 0 Å². The zero-order valence-corrected chi connectivity index (χ0v) is 35.6. The molecule has 0 amide bonds. The topological polar surface area (TPSA) is 56.5 Å². The van der Waals surface area contributed by atoms with Gasteiger partial charge in [0.05, 0.1) is 37.8 Å². The van der Waals surface area contributed by atoms with Gasteiger partial charge in [-0.2, -0.15) is 0 Å². The molecule has 0 spiro atoms. The molecule has 0 saturated carbocycles. The van der Waals surface area contributed by atoms with Crippen molar-refractivity contribution in [2.75, 3.05) is 36.2 Å². The van der Waals surface area contributed by atoms with Crippen molar-refractivity contribution in [1.82, 2.24) is 0 Å². The van der Waals surface area contributed by atoms with Crippen LogP contribution in [0.25, 0.3) is 11.0 Å². The lowest BCUT2D eigenvalue weighted by molar-refractivity contribution is 0.296. The highest BCUT2D eigenvalue weighted by molar-refractivity contribution is 7.01. The number of rotatable bonds is 2. The molecule has 0 unspecified atom stereocenters. The second-order valence-corrected chi connectivity index (χ2v) is 18.8. The second-order valence-electron chi connectivity index (χ2n) is 18.8. The molecule has 296 valence electrons. The number of benzene rings is 5. The van der Waals surface area contributed by atoms with E-state index in [-0.39, 0.29) is 17.5 Å². The van der Waals surface area contributed by atoms with Crippen molar-refractivity contribution >= 4 is 68.4 Å². The van der Waals surface area contributed by atoms with Crippen molar-refractivity contribution in [3.8, 4) is 23.0 Å². The number of fused-ring (bicyclic) bond motifs is 8. The van der Waals surface area contributed by atoms with Crippen molar-refractivity contribution < 1.29 is 23.4 Å². The molecule has 0 aliphatic carbocycles. The molecule has 0 atom stereocenters. The maximum atomic E-state index is 7.18. The largest absolute Gasteiger partial charge is 0.490 e. The molecule has 0 radical (unpaired) electrons. The standard InChI is InChI=1S/C50H53BN2O5/c1-28-22-33(50(8,9)10)23-29(2)45(28)52-36-14-11-15-37-44(36)51(35-26-40-41(27-38(35)52)55-19-12-18-54-40)43-34-25-32(49(5,6)7)16-17-39(34)58-48(43)53(37)46-30(3)24-42-47(31(46)4)57-21-13-20-56-42/h11,14-17,22-27H,12-13,18-21H2,1-10H3. The summed E-state index contributed by atoms with van der Waals surface area (Å²) in [6.07, 6.45) is 1.67. The lowest BCUT2D eigenvalue weighted by atomic mass is 9.33. The molecule has 0 N–H and O–H groups in total. The van der Waals surface area contributed by atoms with E-state index in [9.17, 15) is 0 Å². The Labute approximate surface area is 342 Å². The first kappa shape index (κ1) is 36.8. The third kappa shape index (κ3) is 5.54. The zero-order valence-electron chi connectivity index (χ0n) is 35.6. The van der Waals surface area contributed by atoms with E-state index in [4.69, 9.17) is 23.4 Å². The monoisotopic (exact) mass is 772 g/mol. The summed E-state index contributed by atoms with van der Waals surface area (Å²) >= 11 is 0. The Kier molecular flexibility index (Phi) is 8.26. The van der Waals surface area contributed by atoms with E-state index in [0.717, 1.165) is 92.0 Å².